The predicted molar refractivity (Wildman–Crippen MR) is 129 cm³/mol. The van der Waals surface area contributed by atoms with Gasteiger partial charge < -0.3 is 10.1 Å². The molecule has 2 atom stereocenters. The van der Waals surface area contributed by atoms with Gasteiger partial charge in [-0.15, -0.1) is 0 Å². The fourth-order valence-corrected chi connectivity index (χ4v) is 3.65. The number of aromatic nitrogens is 2. The summed E-state index contributed by atoms with van der Waals surface area (Å²) in [6.45, 7) is 1.77. The second kappa shape index (κ2) is 9.59. The van der Waals surface area contributed by atoms with Crippen LogP contribution < -0.4 is 10.1 Å². The Balaban J connectivity index is 1.62. The smallest absolute Gasteiger partial charge is 0.272 e. The van der Waals surface area contributed by atoms with E-state index in [-0.39, 0.29) is 5.82 Å². The summed E-state index contributed by atoms with van der Waals surface area (Å²) in [5.74, 6) is -0.473. The molecule has 0 aliphatic rings. The molecule has 33 heavy (non-hydrogen) atoms. The van der Waals surface area contributed by atoms with Crippen molar-refractivity contribution in [3.05, 3.63) is 90.4 Å². The van der Waals surface area contributed by atoms with Crippen molar-refractivity contribution in [2.45, 2.75) is 22.9 Å². The largest absolute Gasteiger partial charge is 0.484 e. The molecule has 4 rings (SSSR count). The third-order valence-corrected chi connectivity index (χ3v) is 5.59. The van der Waals surface area contributed by atoms with E-state index < -0.39 is 21.8 Å². The number of ether oxygens (including phenoxy) is 1. The summed E-state index contributed by atoms with van der Waals surface area (Å²) < 4.78 is 19.2. The zero-order chi connectivity index (χ0) is 23.6. The molecule has 9 heteroatoms. The Bertz CT molecular complexity index is 1260. The molecule has 1 amide bonds. The van der Waals surface area contributed by atoms with Crippen LogP contribution in [0.5, 0.6) is 5.75 Å². The highest BCUT2D eigenvalue weighted by Crippen LogP contribution is 2.31. The number of carbonyl (C=O) groups excluding carboxylic acids is 1. The van der Waals surface area contributed by atoms with Crippen LogP contribution in [-0.2, 0) is 4.79 Å². The molecular formula is C24H19Cl3FN3O2. The predicted octanol–water partition coefficient (Wildman–Crippen LogP) is 6.16. The molecule has 0 unspecified atom stereocenters. The van der Waals surface area contributed by atoms with Crippen molar-refractivity contribution in [2.75, 3.05) is 0 Å². The van der Waals surface area contributed by atoms with Gasteiger partial charge in [-0.05, 0) is 55.0 Å². The van der Waals surface area contributed by atoms with Crippen molar-refractivity contribution in [1.29, 1.82) is 0 Å². The fraction of sp³-hybridized carbons (Fsp3) is 0.167. The number of nitrogens with one attached hydrogen (secondary N) is 1. The maximum Gasteiger partial charge on any atom is 0.272 e. The van der Waals surface area contributed by atoms with Crippen LogP contribution in [0.25, 0.3) is 16.6 Å². The van der Waals surface area contributed by atoms with Gasteiger partial charge >= 0.3 is 0 Å². The van der Waals surface area contributed by atoms with Crippen molar-refractivity contribution in [3.8, 4) is 11.4 Å². The number of carbonyl (C=O) groups is 1. The average Bonchev–Trinajstić information content (AvgIpc) is 3.21. The van der Waals surface area contributed by atoms with E-state index in [0.29, 0.717) is 5.75 Å². The van der Waals surface area contributed by atoms with E-state index in [9.17, 15) is 9.18 Å². The first-order chi connectivity index (χ1) is 15.7. The molecule has 0 fully saturated rings. The number of fused-ring (bicyclic) bond motifs is 1. The van der Waals surface area contributed by atoms with Gasteiger partial charge in [0, 0.05) is 5.39 Å². The summed E-state index contributed by atoms with van der Waals surface area (Å²) in [5, 5.41) is 7.95. The molecule has 1 heterocycles. The number of amides is 1. The molecule has 0 bridgehead atoms. The Kier molecular flexibility index (Phi) is 6.79. The van der Waals surface area contributed by atoms with E-state index >= 15 is 0 Å². The molecule has 0 aliphatic carbocycles. The van der Waals surface area contributed by atoms with E-state index in [2.05, 4.69) is 10.4 Å². The van der Waals surface area contributed by atoms with E-state index in [4.69, 9.17) is 39.5 Å². The number of nitrogens with zero attached hydrogens (tertiary/aromatic N) is 2. The molecule has 0 aliphatic heterocycles. The van der Waals surface area contributed by atoms with Crippen LogP contribution in [0.4, 0.5) is 4.39 Å². The van der Waals surface area contributed by atoms with Crippen LogP contribution >= 0.6 is 34.8 Å². The van der Waals surface area contributed by atoms with E-state index in [0.717, 1.165) is 22.2 Å². The SMILES string of the molecule is C[C@H](NC(=O)C(Cl)(Cl)Cl)[C@H](Oc1ccc2c(cnn2-c2ccc(F)cc2)c1)c1ccccc1. The number of rotatable bonds is 6. The topological polar surface area (TPSA) is 56.1 Å². The van der Waals surface area contributed by atoms with Crippen molar-refractivity contribution < 1.29 is 13.9 Å². The van der Waals surface area contributed by atoms with Crippen LogP contribution in [0.3, 0.4) is 0 Å². The van der Waals surface area contributed by atoms with Crippen LogP contribution in [-0.4, -0.2) is 25.5 Å². The van der Waals surface area contributed by atoms with Gasteiger partial charge in [0.1, 0.15) is 17.7 Å². The van der Waals surface area contributed by atoms with Gasteiger partial charge in [0.15, 0.2) is 0 Å². The minimum Gasteiger partial charge on any atom is -0.484 e. The van der Waals surface area contributed by atoms with Crippen molar-refractivity contribution in [3.63, 3.8) is 0 Å². The minimum absolute atomic E-state index is 0.311. The molecule has 0 saturated heterocycles. The molecule has 170 valence electrons. The van der Waals surface area contributed by atoms with Gasteiger partial charge in [-0.25, -0.2) is 9.07 Å². The Hall–Kier alpha value is -2.80. The first-order valence-corrected chi connectivity index (χ1v) is 11.2. The lowest BCUT2D eigenvalue weighted by molar-refractivity contribution is -0.121. The van der Waals surface area contributed by atoms with Gasteiger partial charge in [0.2, 0.25) is 0 Å². The quantitative estimate of drug-likeness (QED) is 0.319. The summed E-state index contributed by atoms with van der Waals surface area (Å²) in [5.41, 5.74) is 2.42. The normalized spacial score (nSPS) is 13.5. The maximum atomic E-state index is 13.3. The van der Waals surface area contributed by atoms with Crippen molar-refractivity contribution in [1.82, 2.24) is 15.1 Å². The van der Waals surface area contributed by atoms with Crippen LogP contribution in [0, 0.1) is 5.82 Å². The summed E-state index contributed by atoms with van der Waals surface area (Å²) in [6.07, 6.45) is 1.16. The number of benzene rings is 3. The lowest BCUT2D eigenvalue weighted by Crippen LogP contribution is -2.44. The summed E-state index contributed by atoms with van der Waals surface area (Å²) >= 11 is 17.1. The van der Waals surface area contributed by atoms with Crippen LogP contribution in [0.2, 0.25) is 0 Å². The molecule has 1 N–H and O–H groups in total. The lowest BCUT2D eigenvalue weighted by Gasteiger charge is -2.27. The number of hydrogen-bond acceptors (Lipinski definition) is 3. The third kappa shape index (κ3) is 5.41. The van der Waals surface area contributed by atoms with Gasteiger partial charge in [-0.3, -0.25) is 4.79 Å². The Morgan fingerprint density at radius 3 is 2.42 bits per heavy atom. The minimum atomic E-state index is -2.08. The number of hydrogen-bond donors (Lipinski definition) is 1. The second-order valence-corrected chi connectivity index (χ2v) is 9.74. The van der Waals surface area contributed by atoms with E-state index in [1.54, 1.807) is 29.9 Å². The van der Waals surface area contributed by atoms with Gasteiger partial charge in [-0.1, -0.05) is 65.1 Å². The molecule has 5 nitrogen and oxygen atoms in total. The maximum absolute atomic E-state index is 13.3. The number of alkyl halides is 3. The zero-order valence-electron chi connectivity index (χ0n) is 17.4. The first kappa shape index (κ1) is 23.4. The average molecular weight is 507 g/mol. The van der Waals surface area contributed by atoms with E-state index in [1.807, 2.05) is 48.5 Å². The summed E-state index contributed by atoms with van der Waals surface area (Å²) in [7, 11) is 0. The number of halogens is 4. The van der Waals surface area contributed by atoms with Gasteiger partial charge in [0.05, 0.1) is 23.4 Å². The first-order valence-electron chi connectivity index (χ1n) is 10.1. The Morgan fingerprint density at radius 2 is 1.76 bits per heavy atom. The van der Waals surface area contributed by atoms with Crippen molar-refractivity contribution in [2.24, 2.45) is 0 Å². The third-order valence-electron chi connectivity index (χ3n) is 5.07. The summed E-state index contributed by atoms with van der Waals surface area (Å²) in [4.78, 5) is 12.2. The zero-order valence-corrected chi connectivity index (χ0v) is 19.7. The second-order valence-electron chi connectivity index (χ2n) is 7.46. The van der Waals surface area contributed by atoms with Gasteiger partial charge in [0.25, 0.3) is 9.70 Å². The lowest BCUT2D eigenvalue weighted by atomic mass is 10.0. The highest BCUT2D eigenvalue weighted by molar-refractivity contribution is 6.76. The standard InChI is InChI=1S/C24H19Cl3FN3O2/c1-15(30-23(32)24(25,26)27)22(16-5-3-2-4-6-16)33-20-11-12-21-17(13-20)14-29-31(21)19-9-7-18(28)8-10-19/h2-15,22H,1H3,(H,30,32)/t15-,22-/m0/s1. The Morgan fingerprint density at radius 1 is 1.06 bits per heavy atom. The highest BCUT2D eigenvalue weighted by atomic mass is 35.6. The molecular weight excluding hydrogens is 488 g/mol. The van der Waals surface area contributed by atoms with Gasteiger partial charge in [-0.2, -0.15) is 5.10 Å². The molecule has 0 spiro atoms. The van der Waals surface area contributed by atoms with Crippen molar-refractivity contribution >= 4 is 51.6 Å². The monoisotopic (exact) mass is 505 g/mol. The van der Waals surface area contributed by atoms with Crippen LogP contribution in [0.1, 0.15) is 18.6 Å². The molecule has 4 aromatic rings. The Labute approximate surface area is 205 Å². The summed E-state index contributed by atoms with van der Waals surface area (Å²) in [6, 6.07) is 20.6. The molecule has 0 radical (unpaired) electrons. The van der Waals surface area contributed by atoms with E-state index in [1.165, 1.54) is 12.1 Å². The molecule has 1 aromatic heterocycles. The molecule has 3 aromatic carbocycles. The highest BCUT2D eigenvalue weighted by Gasteiger charge is 2.34. The fourth-order valence-electron chi connectivity index (χ4n) is 3.48. The molecule has 0 saturated carbocycles. The van der Waals surface area contributed by atoms with Crippen LogP contribution in [0.15, 0.2) is 79.0 Å².